The van der Waals surface area contributed by atoms with Crippen LogP contribution in [0.3, 0.4) is 0 Å². The van der Waals surface area contributed by atoms with Crippen LogP contribution in [0, 0.1) is 0 Å². The molecule has 3 amide bonds. The average Bonchev–Trinajstić information content (AvgIpc) is 3.09. The Morgan fingerprint density at radius 2 is 2.00 bits per heavy atom. The van der Waals surface area contributed by atoms with Gasteiger partial charge in [0.25, 0.3) is 0 Å². The molecule has 7 nitrogen and oxygen atoms in total. The summed E-state index contributed by atoms with van der Waals surface area (Å²) >= 11 is 0. The maximum atomic E-state index is 11.5. The van der Waals surface area contributed by atoms with Crippen molar-refractivity contribution in [2.75, 3.05) is 27.2 Å². The van der Waals surface area contributed by atoms with E-state index in [-0.39, 0.29) is 30.9 Å². The van der Waals surface area contributed by atoms with E-state index < -0.39 is 6.03 Å². The van der Waals surface area contributed by atoms with Crippen LogP contribution in [0.15, 0.2) is 0 Å². The van der Waals surface area contributed by atoms with Gasteiger partial charge < -0.3 is 10.1 Å². The van der Waals surface area contributed by atoms with Crippen molar-refractivity contribution in [1.82, 2.24) is 15.5 Å². The summed E-state index contributed by atoms with van der Waals surface area (Å²) in [6.45, 7) is 0.472. The van der Waals surface area contributed by atoms with Gasteiger partial charge in [0.2, 0.25) is 5.91 Å². The minimum atomic E-state index is -0.455. The summed E-state index contributed by atoms with van der Waals surface area (Å²) in [5.74, 6) is -0.714. The van der Waals surface area contributed by atoms with Gasteiger partial charge in [-0.2, -0.15) is 0 Å². The molecule has 0 unspecified atom stereocenters. The van der Waals surface area contributed by atoms with Crippen molar-refractivity contribution >= 4 is 17.9 Å². The lowest BCUT2D eigenvalue weighted by Crippen LogP contribution is -2.44. The van der Waals surface area contributed by atoms with Crippen molar-refractivity contribution in [1.29, 1.82) is 0 Å². The highest BCUT2D eigenvalue weighted by atomic mass is 16.5. The molecule has 18 heavy (non-hydrogen) atoms. The molecule has 0 radical (unpaired) electrons. The molecule has 0 heterocycles. The maximum Gasteiger partial charge on any atom is 0.321 e. The quantitative estimate of drug-likeness (QED) is 0.625. The Labute approximate surface area is 106 Å². The fourth-order valence-corrected chi connectivity index (χ4v) is 1.32. The van der Waals surface area contributed by atoms with Gasteiger partial charge in [-0.15, -0.1) is 0 Å². The van der Waals surface area contributed by atoms with Gasteiger partial charge in [-0.3, -0.25) is 19.8 Å². The van der Waals surface area contributed by atoms with E-state index in [1.165, 1.54) is 7.11 Å². The molecule has 0 spiro atoms. The van der Waals surface area contributed by atoms with Crippen LogP contribution in [0.4, 0.5) is 4.79 Å². The molecule has 0 aliphatic heterocycles. The Balaban J connectivity index is 2.13. The third-order valence-electron chi connectivity index (χ3n) is 2.50. The monoisotopic (exact) mass is 257 g/mol. The molecule has 1 rings (SSSR count). The molecule has 7 heteroatoms. The number of hydrogen-bond acceptors (Lipinski definition) is 5. The molecule has 102 valence electrons. The van der Waals surface area contributed by atoms with E-state index in [1.807, 2.05) is 0 Å². The maximum absolute atomic E-state index is 11.5. The molecule has 0 saturated heterocycles. The minimum absolute atomic E-state index is 0.0646. The summed E-state index contributed by atoms with van der Waals surface area (Å²) in [6, 6.07) is -0.237. The van der Waals surface area contributed by atoms with Gasteiger partial charge in [0, 0.05) is 12.6 Å². The predicted octanol–water partition coefficient (Wildman–Crippen LogP) is -0.530. The first-order valence-electron chi connectivity index (χ1n) is 5.87. The predicted molar refractivity (Wildman–Crippen MR) is 63.8 cm³/mol. The van der Waals surface area contributed by atoms with Gasteiger partial charge in [-0.25, -0.2) is 4.79 Å². The summed E-state index contributed by atoms with van der Waals surface area (Å²) in [5, 5.41) is 4.89. The first-order valence-corrected chi connectivity index (χ1v) is 5.87. The second kappa shape index (κ2) is 6.95. The van der Waals surface area contributed by atoms with Crippen molar-refractivity contribution in [2.45, 2.75) is 25.3 Å². The lowest BCUT2D eigenvalue weighted by Gasteiger charge is -2.15. The normalized spacial score (nSPS) is 14.2. The fourth-order valence-electron chi connectivity index (χ4n) is 1.32. The number of ether oxygens (including phenoxy) is 1. The molecule has 0 aromatic rings. The average molecular weight is 257 g/mol. The van der Waals surface area contributed by atoms with E-state index >= 15 is 0 Å². The number of rotatable bonds is 6. The zero-order chi connectivity index (χ0) is 13.5. The number of methoxy groups -OCH3 is 1. The van der Waals surface area contributed by atoms with Crippen LogP contribution >= 0.6 is 0 Å². The Kier molecular flexibility index (Phi) is 5.57. The van der Waals surface area contributed by atoms with Crippen LogP contribution in [0.25, 0.3) is 0 Å². The van der Waals surface area contributed by atoms with Crippen LogP contribution in [0.2, 0.25) is 0 Å². The number of nitrogens with one attached hydrogen (secondary N) is 2. The van der Waals surface area contributed by atoms with Gasteiger partial charge in [-0.1, -0.05) is 0 Å². The third kappa shape index (κ3) is 6.19. The standard InChI is InChI=1S/C11H19N3O4/c1-14(6-5-10(16)18-2)7-9(15)13-11(17)12-8-3-4-8/h8H,3-7H2,1-2H3,(H2,12,13,15,17). The number of nitrogens with zero attached hydrogens (tertiary/aromatic N) is 1. The third-order valence-corrected chi connectivity index (χ3v) is 2.50. The number of esters is 1. The van der Waals surface area contributed by atoms with Crippen molar-refractivity contribution < 1.29 is 19.1 Å². The molecular weight excluding hydrogens is 238 g/mol. The van der Waals surface area contributed by atoms with Gasteiger partial charge in [0.1, 0.15) is 0 Å². The number of carbonyl (C=O) groups is 3. The van der Waals surface area contributed by atoms with Crippen LogP contribution in [0.1, 0.15) is 19.3 Å². The first-order chi connectivity index (χ1) is 8.51. The second-order valence-electron chi connectivity index (χ2n) is 4.36. The van der Waals surface area contributed by atoms with E-state index in [9.17, 15) is 14.4 Å². The van der Waals surface area contributed by atoms with Gasteiger partial charge in [0.05, 0.1) is 20.1 Å². The van der Waals surface area contributed by atoms with Crippen LogP contribution in [-0.4, -0.2) is 56.1 Å². The van der Waals surface area contributed by atoms with Gasteiger partial charge >= 0.3 is 12.0 Å². The molecule has 0 bridgehead atoms. The highest BCUT2D eigenvalue weighted by Crippen LogP contribution is 2.18. The molecule has 2 N–H and O–H groups in total. The highest BCUT2D eigenvalue weighted by Gasteiger charge is 2.24. The minimum Gasteiger partial charge on any atom is -0.469 e. The summed E-state index contributed by atoms with van der Waals surface area (Å²) in [7, 11) is 3.01. The fraction of sp³-hybridized carbons (Fsp3) is 0.727. The van der Waals surface area contributed by atoms with Crippen molar-refractivity contribution in [3.63, 3.8) is 0 Å². The number of imide groups is 1. The topological polar surface area (TPSA) is 87.7 Å². The number of carbonyl (C=O) groups excluding carboxylic acids is 3. The zero-order valence-corrected chi connectivity index (χ0v) is 10.7. The van der Waals surface area contributed by atoms with Crippen LogP contribution < -0.4 is 10.6 Å². The lowest BCUT2D eigenvalue weighted by atomic mass is 10.4. The SMILES string of the molecule is COC(=O)CCN(C)CC(=O)NC(=O)NC1CC1. The van der Waals surface area contributed by atoms with Crippen molar-refractivity contribution in [2.24, 2.45) is 0 Å². The van der Waals surface area contributed by atoms with Gasteiger partial charge in [0.15, 0.2) is 0 Å². The molecule has 1 saturated carbocycles. The zero-order valence-electron chi connectivity index (χ0n) is 10.7. The summed E-state index contributed by atoms with van der Waals surface area (Å²) in [6.07, 6.45) is 2.16. The van der Waals surface area contributed by atoms with Gasteiger partial charge in [-0.05, 0) is 19.9 Å². The Morgan fingerprint density at radius 1 is 1.33 bits per heavy atom. The smallest absolute Gasteiger partial charge is 0.321 e. The van der Waals surface area contributed by atoms with E-state index in [0.29, 0.717) is 6.54 Å². The highest BCUT2D eigenvalue weighted by molar-refractivity contribution is 5.95. The number of likely N-dealkylation sites (N-methyl/N-ethyl adjacent to an activating group) is 1. The van der Waals surface area contributed by atoms with E-state index in [0.717, 1.165) is 12.8 Å². The molecule has 0 aromatic carbocycles. The molecule has 1 aliphatic carbocycles. The molecular formula is C11H19N3O4. The Bertz CT molecular complexity index is 328. The molecule has 0 atom stereocenters. The van der Waals surface area contributed by atoms with E-state index in [4.69, 9.17) is 0 Å². The van der Waals surface area contributed by atoms with Crippen LogP contribution in [0.5, 0.6) is 0 Å². The second-order valence-corrected chi connectivity index (χ2v) is 4.36. The lowest BCUT2D eigenvalue weighted by molar-refractivity contribution is -0.141. The first kappa shape index (κ1) is 14.4. The summed E-state index contributed by atoms with van der Waals surface area (Å²) in [4.78, 5) is 35.3. The van der Waals surface area contributed by atoms with E-state index in [2.05, 4.69) is 15.4 Å². The van der Waals surface area contributed by atoms with Crippen molar-refractivity contribution in [3.05, 3.63) is 0 Å². The number of hydrogen-bond donors (Lipinski definition) is 2. The number of urea groups is 1. The number of amides is 3. The molecule has 0 aromatic heterocycles. The largest absolute Gasteiger partial charge is 0.469 e. The Hall–Kier alpha value is -1.63. The summed E-state index contributed by atoms with van der Waals surface area (Å²) in [5.41, 5.74) is 0. The van der Waals surface area contributed by atoms with E-state index in [1.54, 1.807) is 11.9 Å². The van der Waals surface area contributed by atoms with Crippen LogP contribution in [-0.2, 0) is 14.3 Å². The van der Waals surface area contributed by atoms with Crippen molar-refractivity contribution in [3.8, 4) is 0 Å². The summed E-state index contributed by atoms with van der Waals surface area (Å²) < 4.78 is 4.49. The molecule has 1 aliphatic rings. The Morgan fingerprint density at radius 3 is 2.56 bits per heavy atom. The molecule has 1 fully saturated rings.